The number of aliphatic imine (C=N–C) groups is 1. The van der Waals surface area contributed by atoms with Crippen LogP contribution in [0, 0.1) is 0 Å². The Kier molecular flexibility index (Phi) is 4.68. The highest BCUT2D eigenvalue weighted by Gasteiger charge is 1.93. The Labute approximate surface area is 90.7 Å². The van der Waals surface area contributed by atoms with Crippen LogP contribution < -0.4 is 5.73 Å². The molecule has 0 heterocycles. The summed E-state index contributed by atoms with van der Waals surface area (Å²) >= 11 is 0. The molecule has 0 bridgehead atoms. The molecule has 3 N–H and O–H groups in total. The fourth-order valence-corrected chi connectivity index (χ4v) is 1.36. The van der Waals surface area contributed by atoms with E-state index >= 15 is 0 Å². The number of unbranched alkanes of at least 4 members (excludes halogenated alkanes) is 1. The lowest BCUT2D eigenvalue weighted by molar-refractivity contribution is 0.475. The van der Waals surface area contributed by atoms with E-state index in [0.29, 0.717) is 11.6 Å². The number of aromatic hydroxyl groups is 1. The van der Waals surface area contributed by atoms with E-state index in [1.54, 1.807) is 19.1 Å². The third-order valence-corrected chi connectivity index (χ3v) is 2.17. The first-order valence-electron chi connectivity index (χ1n) is 5.23. The largest absolute Gasteiger partial charge is 0.508 e. The number of nitrogens with zero attached hydrogens (tertiary/aromatic N) is 1. The summed E-state index contributed by atoms with van der Waals surface area (Å²) in [4.78, 5) is 4.12. The van der Waals surface area contributed by atoms with Gasteiger partial charge >= 0.3 is 0 Å². The number of aryl methyl sites for hydroxylation is 1. The van der Waals surface area contributed by atoms with E-state index in [2.05, 4.69) is 4.99 Å². The van der Waals surface area contributed by atoms with Gasteiger partial charge in [-0.3, -0.25) is 4.99 Å². The first kappa shape index (κ1) is 11.6. The maximum Gasteiger partial charge on any atom is 0.115 e. The lowest BCUT2D eigenvalue weighted by Gasteiger charge is -2.00. The molecule has 0 amide bonds. The van der Waals surface area contributed by atoms with Crippen LogP contribution in [0.15, 0.2) is 29.3 Å². The summed E-state index contributed by atoms with van der Waals surface area (Å²) in [6, 6.07) is 7.34. The summed E-state index contributed by atoms with van der Waals surface area (Å²) in [6.07, 6.45) is 3.18. The number of phenolic OH excluding ortho intramolecular Hbond substituents is 1. The quantitative estimate of drug-likeness (QED) is 0.440. The fourth-order valence-electron chi connectivity index (χ4n) is 1.36. The molecule has 1 rings (SSSR count). The summed E-state index contributed by atoms with van der Waals surface area (Å²) in [5.74, 6) is 0.974. The summed E-state index contributed by atoms with van der Waals surface area (Å²) in [6.45, 7) is 2.61. The monoisotopic (exact) mass is 206 g/mol. The number of benzene rings is 1. The van der Waals surface area contributed by atoms with E-state index in [1.165, 1.54) is 5.56 Å². The molecule has 15 heavy (non-hydrogen) atoms. The molecule has 0 radical (unpaired) electrons. The smallest absolute Gasteiger partial charge is 0.115 e. The lowest BCUT2D eigenvalue weighted by Crippen LogP contribution is -2.05. The summed E-state index contributed by atoms with van der Waals surface area (Å²) in [7, 11) is 0. The molecule has 3 nitrogen and oxygen atoms in total. The molecule has 82 valence electrons. The third-order valence-electron chi connectivity index (χ3n) is 2.17. The van der Waals surface area contributed by atoms with Gasteiger partial charge in [0.2, 0.25) is 0 Å². The van der Waals surface area contributed by atoms with Gasteiger partial charge in [-0.1, -0.05) is 12.1 Å². The van der Waals surface area contributed by atoms with Crippen LogP contribution in [-0.4, -0.2) is 17.5 Å². The standard InChI is InChI=1S/C12H18N2O/c1-10(13)14-9-3-2-4-11-5-7-12(15)8-6-11/h5-8,15H,2-4,9H2,1H3,(H2,13,14). The van der Waals surface area contributed by atoms with Gasteiger partial charge in [-0.15, -0.1) is 0 Å². The van der Waals surface area contributed by atoms with Crippen molar-refractivity contribution in [1.29, 1.82) is 0 Å². The summed E-state index contributed by atoms with van der Waals surface area (Å²) < 4.78 is 0. The van der Waals surface area contributed by atoms with Crippen molar-refractivity contribution in [2.24, 2.45) is 10.7 Å². The number of hydrogen-bond donors (Lipinski definition) is 2. The Morgan fingerprint density at radius 3 is 2.53 bits per heavy atom. The van der Waals surface area contributed by atoms with Gasteiger partial charge in [0.15, 0.2) is 0 Å². The highest BCUT2D eigenvalue weighted by molar-refractivity contribution is 5.77. The topological polar surface area (TPSA) is 58.6 Å². The Bertz CT molecular complexity index is 313. The highest BCUT2D eigenvalue weighted by atomic mass is 16.3. The molecular formula is C12H18N2O. The second kappa shape index (κ2) is 6.06. The minimum atomic E-state index is 0.321. The number of phenols is 1. The van der Waals surface area contributed by atoms with E-state index in [4.69, 9.17) is 10.8 Å². The predicted molar refractivity (Wildman–Crippen MR) is 63.2 cm³/mol. The minimum Gasteiger partial charge on any atom is -0.508 e. The van der Waals surface area contributed by atoms with Crippen molar-refractivity contribution in [2.45, 2.75) is 26.2 Å². The van der Waals surface area contributed by atoms with Crippen molar-refractivity contribution in [3.8, 4) is 5.75 Å². The maximum absolute atomic E-state index is 9.10. The van der Waals surface area contributed by atoms with Gasteiger partial charge in [0.25, 0.3) is 0 Å². The van der Waals surface area contributed by atoms with Gasteiger partial charge in [0, 0.05) is 6.54 Å². The molecule has 0 saturated heterocycles. The zero-order valence-corrected chi connectivity index (χ0v) is 9.11. The molecule has 0 fully saturated rings. The van der Waals surface area contributed by atoms with Crippen molar-refractivity contribution < 1.29 is 5.11 Å². The van der Waals surface area contributed by atoms with Crippen LogP contribution in [0.5, 0.6) is 5.75 Å². The van der Waals surface area contributed by atoms with E-state index < -0.39 is 0 Å². The van der Waals surface area contributed by atoms with Crippen molar-refractivity contribution >= 4 is 5.84 Å². The molecule has 1 aromatic carbocycles. The first-order chi connectivity index (χ1) is 7.18. The average Bonchev–Trinajstić information content (AvgIpc) is 2.20. The molecule has 0 aromatic heterocycles. The second-order valence-corrected chi connectivity index (χ2v) is 3.65. The minimum absolute atomic E-state index is 0.321. The van der Waals surface area contributed by atoms with Gasteiger partial charge in [-0.05, 0) is 43.9 Å². The number of nitrogens with two attached hydrogens (primary N) is 1. The van der Waals surface area contributed by atoms with Crippen molar-refractivity contribution in [2.75, 3.05) is 6.54 Å². The van der Waals surface area contributed by atoms with Gasteiger partial charge in [0.1, 0.15) is 5.75 Å². The van der Waals surface area contributed by atoms with Crippen LogP contribution in [0.3, 0.4) is 0 Å². The van der Waals surface area contributed by atoms with Crippen LogP contribution in [-0.2, 0) is 6.42 Å². The van der Waals surface area contributed by atoms with Crippen molar-refractivity contribution in [3.63, 3.8) is 0 Å². The molecule has 0 aliphatic heterocycles. The number of amidine groups is 1. The van der Waals surface area contributed by atoms with E-state index in [0.717, 1.165) is 25.8 Å². The molecule has 0 unspecified atom stereocenters. The fraction of sp³-hybridized carbons (Fsp3) is 0.417. The molecule has 3 heteroatoms. The molecule has 1 aromatic rings. The van der Waals surface area contributed by atoms with E-state index in [9.17, 15) is 0 Å². The summed E-state index contributed by atoms with van der Waals surface area (Å²) in [5, 5.41) is 9.10. The first-order valence-corrected chi connectivity index (χ1v) is 5.23. The van der Waals surface area contributed by atoms with Crippen LogP contribution in [0.25, 0.3) is 0 Å². The van der Waals surface area contributed by atoms with Crippen LogP contribution >= 0.6 is 0 Å². The number of hydrogen-bond acceptors (Lipinski definition) is 2. The molecule has 0 atom stereocenters. The Balaban J connectivity index is 2.20. The van der Waals surface area contributed by atoms with Crippen LogP contribution in [0.4, 0.5) is 0 Å². The maximum atomic E-state index is 9.10. The summed E-state index contributed by atoms with van der Waals surface area (Å²) in [5.41, 5.74) is 6.68. The van der Waals surface area contributed by atoms with Crippen LogP contribution in [0.1, 0.15) is 25.3 Å². The molecule has 0 aliphatic rings. The Hall–Kier alpha value is -1.51. The zero-order valence-electron chi connectivity index (χ0n) is 9.11. The van der Waals surface area contributed by atoms with Gasteiger partial charge in [0.05, 0.1) is 5.84 Å². The average molecular weight is 206 g/mol. The van der Waals surface area contributed by atoms with Crippen molar-refractivity contribution in [1.82, 2.24) is 0 Å². The molecular weight excluding hydrogens is 188 g/mol. The van der Waals surface area contributed by atoms with E-state index in [1.807, 2.05) is 12.1 Å². The predicted octanol–water partition coefficient (Wildman–Crippen LogP) is 2.09. The Morgan fingerprint density at radius 2 is 1.93 bits per heavy atom. The molecule has 0 aliphatic carbocycles. The number of rotatable bonds is 5. The molecule has 0 saturated carbocycles. The van der Waals surface area contributed by atoms with E-state index in [-0.39, 0.29) is 0 Å². The SMILES string of the molecule is CC(N)=NCCCCc1ccc(O)cc1. The lowest BCUT2D eigenvalue weighted by atomic mass is 10.1. The third kappa shape index (κ3) is 5.05. The molecule has 0 spiro atoms. The zero-order chi connectivity index (χ0) is 11.1. The van der Waals surface area contributed by atoms with Gasteiger partial charge in [-0.2, -0.15) is 0 Å². The highest BCUT2D eigenvalue weighted by Crippen LogP contribution is 2.11. The van der Waals surface area contributed by atoms with Crippen LogP contribution in [0.2, 0.25) is 0 Å². The normalized spacial score (nSPS) is 11.7. The van der Waals surface area contributed by atoms with Gasteiger partial charge < -0.3 is 10.8 Å². The van der Waals surface area contributed by atoms with Gasteiger partial charge in [-0.25, -0.2) is 0 Å². The Morgan fingerprint density at radius 1 is 1.27 bits per heavy atom. The second-order valence-electron chi connectivity index (χ2n) is 3.65. The van der Waals surface area contributed by atoms with Crippen molar-refractivity contribution in [3.05, 3.63) is 29.8 Å².